The normalized spacial score (nSPS) is 20.4. The Hall–Kier alpha value is -2.04. The maximum atomic E-state index is 11.2. The third-order valence-electron chi connectivity index (χ3n) is 2.00. The standard InChI is InChI=1S/C9H8N2O3/c12-6-3-1-5(2-4-6)7-8(13)11-9(14)10-7/h1-4,7,12H,(H2,10,11,13,14)/t7-/m0/s1. The number of phenolic OH excluding ortho intramolecular Hbond substituents is 1. The van der Waals surface area contributed by atoms with Gasteiger partial charge in [0, 0.05) is 0 Å². The molecule has 3 amide bonds. The second kappa shape index (κ2) is 3.02. The van der Waals surface area contributed by atoms with Crippen LogP contribution in [0.2, 0.25) is 0 Å². The summed E-state index contributed by atoms with van der Waals surface area (Å²) in [6, 6.07) is 4.97. The highest BCUT2D eigenvalue weighted by Gasteiger charge is 2.30. The zero-order chi connectivity index (χ0) is 10.1. The molecule has 1 aliphatic rings. The lowest BCUT2D eigenvalue weighted by Crippen LogP contribution is -2.22. The van der Waals surface area contributed by atoms with Crippen LogP contribution in [0.25, 0.3) is 0 Å². The van der Waals surface area contributed by atoms with Gasteiger partial charge in [-0.1, -0.05) is 12.1 Å². The molecule has 0 saturated carbocycles. The second-order valence-corrected chi connectivity index (χ2v) is 2.99. The van der Waals surface area contributed by atoms with Gasteiger partial charge in [-0.15, -0.1) is 0 Å². The van der Waals surface area contributed by atoms with Crippen molar-refractivity contribution in [3.8, 4) is 5.75 Å². The minimum Gasteiger partial charge on any atom is -0.508 e. The summed E-state index contributed by atoms with van der Waals surface area (Å²) >= 11 is 0. The van der Waals surface area contributed by atoms with E-state index in [1.807, 2.05) is 0 Å². The van der Waals surface area contributed by atoms with Crippen LogP contribution in [0.5, 0.6) is 5.75 Å². The van der Waals surface area contributed by atoms with Gasteiger partial charge >= 0.3 is 6.03 Å². The van der Waals surface area contributed by atoms with E-state index in [1.165, 1.54) is 12.1 Å². The van der Waals surface area contributed by atoms with Gasteiger partial charge in [0.2, 0.25) is 0 Å². The van der Waals surface area contributed by atoms with Crippen molar-refractivity contribution < 1.29 is 14.7 Å². The molecule has 14 heavy (non-hydrogen) atoms. The number of hydrogen-bond donors (Lipinski definition) is 3. The van der Waals surface area contributed by atoms with E-state index >= 15 is 0 Å². The summed E-state index contributed by atoms with van der Waals surface area (Å²) in [6.07, 6.45) is 0. The van der Waals surface area contributed by atoms with E-state index in [9.17, 15) is 9.59 Å². The van der Waals surface area contributed by atoms with Crippen LogP contribution in [0.1, 0.15) is 11.6 Å². The van der Waals surface area contributed by atoms with E-state index in [1.54, 1.807) is 12.1 Å². The van der Waals surface area contributed by atoms with Crippen LogP contribution in [0.3, 0.4) is 0 Å². The second-order valence-electron chi connectivity index (χ2n) is 2.99. The molecule has 0 aromatic heterocycles. The Morgan fingerprint density at radius 3 is 2.29 bits per heavy atom. The maximum Gasteiger partial charge on any atom is 0.322 e. The summed E-state index contributed by atoms with van der Waals surface area (Å²) in [6.45, 7) is 0. The predicted octanol–water partition coefficient (Wildman–Crippen LogP) is 0.273. The molecular weight excluding hydrogens is 184 g/mol. The first kappa shape index (κ1) is 8.55. The first-order valence-electron chi connectivity index (χ1n) is 4.07. The van der Waals surface area contributed by atoms with Crippen molar-refractivity contribution in [2.75, 3.05) is 0 Å². The van der Waals surface area contributed by atoms with E-state index in [0.29, 0.717) is 5.56 Å². The number of urea groups is 1. The largest absolute Gasteiger partial charge is 0.508 e. The first-order valence-corrected chi connectivity index (χ1v) is 4.07. The molecule has 1 atom stereocenters. The van der Waals surface area contributed by atoms with Crippen LogP contribution in [-0.2, 0) is 4.79 Å². The molecule has 72 valence electrons. The molecule has 1 aromatic rings. The van der Waals surface area contributed by atoms with Gasteiger partial charge in [-0.05, 0) is 17.7 Å². The Bertz CT molecular complexity index is 386. The number of nitrogens with one attached hydrogen (secondary N) is 2. The van der Waals surface area contributed by atoms with Gasteiger partial charge in [0.15, 0.2) is 0 Å². The molecule has 1 saturated heterocycles. The molecule has 5 heteroatoms. The van der Waals surface area contributed by atoms with Crippen LogP contribution in [0, 0.1) is 0 Å². The SMILES string of the molecule is O=C1NC(=O)[C@H](c2ccc(O)cc2)N1. The van der Waals surface area contributed by atoms with Crippen LogP contribution in [-0.4, -0.2) is 17.0 Å². The Kier molecular flexibility index (Phi) is 1.85. The van der Waals surface area contributed by atoms with Crippen molar-refractivity contribution >= 4 is 11.9 Å². The van der Waals surface area contributed by atoms with Crippen LogP contribution in [0.15, 0.2) is 24.3 Å². The molecule has 0 bridgehead atoms. The van der Waals surface area contributed by atoms with Gasteiger partial charge < -0.3 is 10.4 Å². The molecule has 1 fully saturated rings. The smallest absolute Gasteiger partial charge is 0.322 e. The Morgan fingerprint density at radius 2 is 1.79 bits per heavy atom. The van der Waals surface area contributed by atoms with Gasteiger partial charge in [0.1, 0.15) is 11.8 Å². The molecule has 1 aromatic carbocycles. The zero-order valence-electron chi connectivity index (χ0n) is 7.15. The fourth-order valence-corrected chi connectivity index (χ4v) is 1.32. The van der Waals surface area contributed by atoms with Crippen molar-refractivity contribution in [2.45, 2.75) is 6.04 Å². The molecule has 0 radical (unpaired) electrons. The van der Waals surface area contributed by atoms with Gasteiger partial charge in [-0.2, -0.15) is 0 Å². The first-order chi connectivity index (χ1) is 6.66. The Balaban J connectivity index is 2.27. The van der Waals surface area contributed by atoms with E-state index in [-0.39, 0.29) is 11.7 Å². The number of imide groups is 1. The fraction of sp³-hybridized carbons (Fsp3) is 0.111. The van der Waals surface area contributed by atoms with E-state index in [0.717, 1.165) is 0 Å². The van der Waals surface area contributed by atoms with Crippen LogP contribution >= 0.6 is 0 Å². The molecule has 0 spiro atoms. The number of aromatic hydroxyl groups is 1. The van der Waals surface area contributed by atoms with Crippen molar-refractivity contribution in [1.82, 2.24) is 10.6 Å². The number of amides is 3. The van der Waals surface area contributed by atoms with Crippen molar-refractivity contribution in [1.29, 1.82) is 0 Å². The topological polar surface area (TPSA) is 78.4 Å². The highest BCUT2D eigenvalue weighted by atomic mass is 16.3. The third kappa shape index (κ3) is 1.39. The van der Waals surface area contributed by atoms with E-state index in [4.69, 9.17) is 5.11 Å². The Labute approximate surface area is 79.7 Å². The Morgan fingerprint density at radius 1 is 1.14 bits per heavy atom. The van der Waals surface area contributed by atoms with Crippen LogP contribution in [0.4, 0.5) is 4.79 Å². The third-order valence-corrected chi connectivity index (χ3v) is 2.00. The van der Waals surface area contributed by atoms with Gasteiger partial charge in [-0.3, -0.25) is 10.1 Å². The van der Waals surface area contributed by atoms with Crippen molar-refractivity contribution in [3.05, 3.63) is 29.8 Å². The number of benzene rings is 1. The highest BCUT2D eigenvalue weighted by molar-refractivity contribution is 6.04. The molecule has 2 rings (SSSR count). The molecule has 0 aliphatic carbocycles. The van der Waals surface area contributed by atoms with Crippen molar-refractivity contribution in [2.24, 2.45) is 0 Å². The minimum atomic E-state index is -0.650. The molecular formula is C9H8N2O3. The molecule has 1 aliphatic heterocycles. The summed E-state index contributed by atoms with van der Waals surface area (Å²) < 4.78 is 0. The summed E-state index contributed by atoms with van der Waals surface area (Å²) in [5.74, 6) is -0.251. The number of phenols is 1. The lowest BCUT2D eigenvalue weighted by Gasteiger charge is -2.06. The average Bonchev–Trinajstić information content (AvgIpc) is 2.47. The number of hydrogen-bond acceptors (Lipinski definition) is 3. The summed E-state index contributed by atoms with van der Waals surface area (Å²) in [7, 11) is 0. The predicted molar refractivity (Wildman–Crippen MR) is 47.5 cm³/mol. The zero-order valence-corrected chi connectivity index (χ0v) is 7.15. The summed E-state index contributed by atoms with van der Waals surface area (Å²) in [5.41, 5.74) is 0.645. The molecule has 1 heterocycles. The van der Waals surface area contributed by atoms with Crippen LogP contribution < -0.4 is 10.6 Å². The fourth-order valence-electron chi connectivity index (χ4n) is 1.32. The average molecular weight is 192 g/mol. The van der Waals surface area contributed by atoms with Crippen molar-refractivity contribution in [3.63, 3.8) is 0 Å². The summed E-state index contributed by atoms with van der Waals surface area (Å²) in [5, 5.41) is 13.6. The number of carbonyl (C=O) groups excluding carboxylic acids is 2. The minimum absolute atomic E-state index is 0.124. The number of carbonyl (C=O) groups is 2. The van der Waals surface area contributed by atoms with E-state index in [2.05, 4.69) is 10.6 Å². The lowest BCUT2D eigenvalue weighted by atomic mass is 10.1. The molecule has 0 unspecified atom stereocenters. The monoisotopic (exact) mass is 192 g/mol. The number of rotatable bonds is 1. The molecule has 3 N–H and O–H groups in total. The highest BCUT2D eigenvalue weighted by Crippen LogP contribution is 2.18. The van der Waals surface area contributed by atoms with Gasteiger partial charge in [0.25, 0.3) is 5.91 Å². The van der Waals surface area contributed by atoms with Gasteiger partial charge in [0.05, 0.1) is 0 Å². The lowest BCUT2D eigenvalue weighted by molar-refractivity contribution is -0.120. The van der Waals surface area contributed by atoms with Gasteiger partial charge in [-0.25, -0.2) is 4.79 Å². The van der Waals surface area contributed by atoms with E-state index < -0.39 is 12.1 Å². The quantitative estimate of drug-likeness (QED) is 0.559. The molecule has 5 nitrogen and oxygen atoms in total. The summed E-state index contributed by atoms with van der Waals surface area (Å²) in [4.78, 5) is 22.0. The maximum absolute atomic E-state index is 11.2.